The van der Waals surface area contributed by atoms with E-state index in [0.29, 0.717) is 16.9 Å². The fourth-order valence-electron chi connectivity index (χ4n) is 2.32. The molecule has 2 aromatic carbocycles. The maximum Gasteiger partial charge on any atom is 0.255 e. The van der Waals surface area contributed by atoms with Gasteiger partial charge in [-0.1, -0.05) is 0 Å². The number of nitrogens with one attached hydrogen (secondary N) is 3. The van der Waals surface area contributed by atoms with E-state index in [9.17, 15) is 18.0 Å². The van der Waals surface area contributed by atoms with Gasteiger partial charge in [0.05, 0.1) is 4.90 Å². The predicted molar refractivity (Wildman–Crippen MR) is 98.5 cm³/mol. The van der Waals surface area contributed by atoms with Gasteiger partial charge in [-0.05, 0) is 61.4 Å². The highest BCUT2D eigenvalue weighted by Crippen LogP contribution is 2.22. The lowest BCUT2D eigenvalue weighted by molar-refractivity contribution is -0.114. The summed E-state index contributed by atoms with van der Waals surface area (Å²) in [6.45, 7) is 1.42. The summed E-state index contributed by atoms with van der Waals surface area (Å²) in [5, 5.41) is 5.36. The molecule has 3 N–H and O–H groups in total. The van der Waals surface area contributed by atoms with Gasteiger partial charge >= 0.3 is 0 Å². The monoisotopic (exact) mass is 373 g/mol. The van der Waals surface area contributed by atoms with E-state index in [1.54, 1.807) is 24.3 Å². The van der Waals surface area contributed by atoms with Gasteiger partial charge in [0.15, 0.2) is 0 Å². The average Bonchev–Trinajstić information content (AvgIpc) is 3.39. The number of hydrogen-bond donors (Lipinski definition) is 3. The standard InChI is InChI=1S/C18H19N3O4S/c1-12(22)19-14-4-6-15(7-5-14)20-18(23)13-2-10-17(11-3-13)26(24,25)21-16-8-9-16/h2-7,10-11,16,21H,8-9H2,1H3,(H,19,22)(H,20,23). The number of carbonyl (C=O) groups is 2. The molecule has 0 unspecified atom stereocenters. The number of amides is 2. The first kappa shape index (κ1) is 18.1. The van der Waals surface area contributed by atoms with Gasteiger partial charge in [0, 0.05) is 29.9 Å². The second-order valence-electron chi connectivity index (χ2n) is 6.13. The van der Waals surface area contributed by atoms with E-state index in [2.05, 4.69) is 15.4 Å². The van der Waals surface area contributed by atoms with Crippen molar-refractivity contribution >= 4 is 33.2 Å². The maximum absolute atomic E-state index is 12.3. The van der Waals surface area contributed by atoms with Crippen molar-refractivity contribution in [2.45, 2.75) is 30.7 Å². The molecule has 0 radical (unpaired) electrons. The molecule has 1 aliphatic rings. The number of sulfonamides is 1. The second-order valence-corrected chi connectivity index (χ2v) is 7.85. The third-order valence-corrected chi connectivity index (χ3v) is 5.33. The summed E-state index contributed by atoms with van der Waals surface area (Å²) in [5.41, 5.74) is 1.55. The van der Waals surface area contributed by atoms with Gasteiger partial charge < -0.3 is 10.6 Å². The Labute approximate surface area is 151 Å². The zero-order chi connectivity index (χ0) is 18.7. The van der Waals surface area contributed by atoms with Crippen molar-refractivity contribution in [2.75, 3.05) is 10.6 Å². The first-order chi connectivity index (χ1) is 12.3. The van der Waals surface area contributed by atoms with Crippen molar-refractivity contribution in [3.8, 4) is 0 Å². The summed E-state index contributed by atoms with van der Waals surface area (Å²) in [6.07, 6.45) is 1.72. The average molecular weight is 373 g/mol. The molecular formula is C18H19N3O4S. The van der Waals surface area contributed by atoms with Crippen molar-refractivity contribution in [1.82, 2.24) is 4.72 Å². The molecule has 1 aliphatic carbocycles. The van der Waals surface area contributed by atoms with Crippen molar-refractivity contribution in [1.29, 1.82) is 0 Å². The van der Waals surface area contributed by atoms with Gasteiger partial charge in [0.2, 0.25) is 15.9 Å². The van der Waals surface area contributed by atoms with Crippen LogP contribution in [0.25, 0.3) is 0 Å². The van der Waals surface area contributed by atoms with Crippen LogP contribution in [0.1, 0.15) is 30.1 Å². The Morgan fingerprint density at radius 3 is 1.92 bits per heavy atom. The quantitative estimate of drug-likeness (QED) is 0.723. The lowest BCUT2D eigenvalue weighted by Gasteiger charge is -2.08. The molecule has 0 heterocycles. The summed E-state index contributed by atoms with van der Waals surface area (Å²) in [7, 11) is -3.53. The maximum atomic E-state index is 12.3. The van der Waals surface area contributed by atoms with Crippen molar-refractivity contribution in [2.24, 2.45) is 0 Å². The van der Waals surface area contributed by atoms with E-state index in [0.717, 1.165) is 12.8 Å². The Hall–Kier alpha value is -2.71. The summed E-state index contributed by atoms with van der Waals surface area (Å²) in [4.78, 5) is 23.4. The van der Waals surface area contributed by atoms with Crippen LogP contribution in [-0.2, 0) is 14.8 Å². The summed E-state index contributed by atoms with van der Waals surface area (Å²) in [5.74, 6) is -0.524. The highest BCUT2D eigenvalue weighted by atomic mass is 32.2. The van der Waals surface area contributed by atoms with Crippen LogP contribution >= 0.6 is 0 Å². The molecule has 3 rings (SSSR count). The van der Waals surface area contributed by atoms with E-state index in [4.69, 9.17) is 0 Å². The van der Waals surface area contributed by atoms with Crippen LogP contribution in [0.2, 0.25) is 0 Å². The van der Waals surface area contributed by atoms with E-state index < -0.39 is 10.0 Å². The fraction of sp³-hybridized carbons (Fsp3) is 0.222. The molecule has 7 nitrogen and oxygen atoms in total. The van der Waals surface area contributed by atoms with Gasteiger partial charge in [0.1, 0.15) is 0 Å². The minimum atomic E-state index is -3.53. The Morgan fingerprint density at radius 2 is 1.42 bits per heavy atom. The second kappa shape index (κ2) is 7.27. The molecule has 0 saturated heterocycles. The molecule has 1 fully saturated rings. The Balaban J connectivity index is 1.65. The van der Waals surface area contributed by atoms with Crippen LogP contribution < -0.4 is 15.4 Å². The Kier molecular flexibility index (Phi) is 5.06. The van der Waals surface area contributed by atoms with Crippen molar-refractivity contribution < 1.29 is 18.0 Å². The number of carbonyl (C=O) groups excluding carboxylic acids is 2. The van der Waals surface area contributed by atoms with Crippen LogP contribution in [0, 0.1) is 0 Å². The van der Waals surface area contributed by atoms with Crippen LogP contribution in [0.3, 0.4) is 0 Å². The third kappa shape index (κ3) is 4.68. The highest BCUT2D eigenvalue weighted by Gasteiger charge is 2.27. The topological polar surface area (TPSA) is 104 Å². The van der Waals surface area contributed by atoms with E-state index in [1.165, 1.54) is 31.2 Å². The van der Waals surface area contributed by atoms with Gasteiger partial charge in [-0.2, -0.15) is 0 Å². The van der Waals surface area contributed by atoms with Crippen LogP contribution in [0.5, 0.6) is 0 Å². The van der Waals surface area contributed by atoms with Crippen LogP contribution in [0.15, 0.2) is 53.4 Å². The smallest absolute Gasteiger partial charge is 0.255 e. The number of rotatable bonds is 6. The first-order valence-electron chi connectivity index (χ1n) is 8.15. The van der Waals surface area contributed by atoms with Gasteiger partial charge in [-0.3, -0.25) is 9.59 Å². The number of benzene rings is 2. The van der Waals surface area contributed by atoms with Crippen LogP contribution in [-0.4, -0.2) is 26.3 Å². The first-order valence-corrected chi connectivity index (χ1v) is 9.63. The van der Waals surface area contributed by atoms with Gasteiger partial charge in [-0.15, -0.1) is 0 Å². The largest absolute Gasteiger partial charge is 0.326 e. The molecular weight excluding hydrogens is 354 g/mol. The molecule has 2 aromatic rings. The zero-order valence-corrected chi connectivity index (χ0v) is 15.0. The molecule has 0 spiro atoms. The van der Waals surface area contributed by atoms with E-state index >= 15 is 0 Å². The minimum Gasteiger partial charge on any atom is -0.326 e. The molecule has 8 heteroatoms. The van der Waals surface area contributed by atoms with Crippen molar-refractivity contribution in [3.05, 3.63) is 54.1 Å². The summed E-state index contributed by atoms with van der Waals surface area (Å²) in [6, 6.07) is 12.5. The predicted octanol–water partition coefficient (Wildman–Crippen LogP) is 2.34. The molecule has 26 heavy (non-hydrogen) atoms. The van der Waals surface area contributed by atoms with Gasteiger partial charge in [-0.25, -0.2) is 13.1 Å². The van der Waals surface area contributed by atoms with Gasteiger partial charge in [0.25, 0.3) is 5.91 Å². The Morgan fingerprint density at radius 1 is 0.885 bits per heavy atom. The lowest BCUT2D eigenvalue weighted by atomic mass is 10.2. The molecule has 0 atom stereocenters. The molecule has 0 bridgehead atoms. The Bertz CT molecular complexity index is 918. The van der Waals surface area contributed by atoms with E-state index in [1.807, 2.05) is 0 Å². The normalized spacial score (nSPS) is 13.9. The molecule has 2 amide bonds. The van der Waals surface area contributed by atoms with E-state index in [-0.39, 0.29) is 22.8 Å². The van der Waals surface area contributed by atoms with Crippen molar-refractivity contribution in [3.63, 3.8) is 0 Å². The van der Waals surface area contributed by atoms with Crippen LogP contribution in [0.4, 0.5) is 11.4 Å². The molecule has 0 aliphatic heterocycles. The molecule has 136 valence electrons. The number of anilines is 2. The zero-order valence-electron chi connectivity index (χ0n) is 14.2. The number of hydrogen-bond acceptors (Lipinski definition) is 4. The minimum absolute atomic E-state index is 0.0310. The third-order valence-electron chi connectivity index (χ3n) is 3.79. The molecule has 0 aromatic heterocycles. The highest BCUT2D eigenvalue weighted by molar-refractivity contribution is 7.89. The fourth-order valence-corrected chi connectivity index (χ4v) is 3.62. The SMILES string of the molecule is CC(=O)Nc1ccc(NC(=O)c2ccc(S(=O)(=O)NC3CC3)cc2)cc1. The molecule has 1 saturated carbocycles. The lowest BCUT2D eigenvalue weighted by Crippen LogP contribution is -2.25. The summed E-state index contributed by atoms with van der Waals surface area (Å²) < 4.78 is 26.8. The summed E-state index contributed by atoms with van der Waals surface area (Å²) >= 11 is 0.